The van der Waals surface area contributed by atoms with Crippen molar-refractivity contribution >= 4 is 0 Å². The van der Waals surface area contributed by atoms with Crippen LogP contribution in [-0.2, 0) is 9.47 Å². The Kier molecular flexibility index (Phi) is 5.30. The molecule has 0 bridgehead atoms. The first-order valence-electron chi connectivity index (χ1n) is 7.99. The molecule has 3 aromatic rings. The first kappa shape index (κ1) is 16.3. The Labute approximate surface area is 140 Å². The molecule has 24 heavy (non-hydrogen) atoms. The second kappa shape index (κ2) is 7.81. The molecule has 0 spiro atoms. The van der Waals surface area contributed by atoms with Crippen LogP contribution in [0.1, 0.15) is 25.7 Å². The number of hydrogen-bond donors (Lipinski definition) is 1. The lowest BCUT2D eigenvalue weighted by Gasteiger charge is -2.17. The van der Waals surface area contributed by atoms with Gasteiger partial charge in [0, 0.05) is 24.3 Å². The number of aromatic nitrogens is 4. The Bertz CT molecular complexity index is 751. The minimum absolute atomic E-state index is 0.332. The predicted molar refractivity (Wildman–Crippen MR) is 91.0 cm³/mol. The highest BCUT2D eigenvalue weighted by Crippen LogP contribution is 2.31. The number of rotatable bonds is 7. The molecule has 0 fully saturated rings. The SMILES string of the molecule is CCOC(OCC)c1ccc(-c2ccccc2-c2nn[nH]n2)cc1. The minimum Gasteiger partial charge on any atom is -0.349 e. The van der Waals surface area contributed by atoms with Gasteiger partial charge in [0.2, 0.25) is 5.82 Å². The van der Waals surface area contributed by atoms with Gasteiger partial charge < -0.3 is 9.47 Å². The molecule has 0 aliphatic carbocycles. The predicted octanol–water partition coefficient (Wildman–Crippen LogP) is 3.61. The number of benzene rings is 2. The number of aromatic amines is 1. The Balaban J connectivity index is 1.92. The summed E-state index contributed by atoms with van der Waals surface area (Å²) < 4.78 is 11.3. The van der Waals surface area contributed by atoms with E-state index in [0.29, 0.717) is 19.0 Å². The summed E-state index contributed by atoms with van der Waals surface area (Å²) >= 11 is 0. The molecule has 6 nitrogen and oxygen atoms in total. The molecule has 0 aliphatic heterocycles. The molecule has 124 valence electrons. The molecule has 0 unspecified atom stereocenters. The van der Waals surface area contributed by atoms with Gasteiger partial charge in [-0.05, 0) is 30.2 Å². The van der Waals surface area contributed by atoms with E-state index in [1.807, 2.05) is 50.2 Å². The highest BCUT2D eigenvalue weighted by Gasteiger charge is 2.13. The van der Waals surface area contributed by atoms with Crippen molar-refractivity contribution in [2.75, 3.05) is 13.2 Å². The number of H-pyrrole nitrogens is 1. The molecule has 1 heterocycles. The van der Waals surface area contributed by atoms with E-state index in [0.717, 1.165) is 22.3 Å². The maximum absolute atomic E-state index is 5.64. The van der Waals surface area contributed by atoms with Crippen molar-refractivity contribution in [3.05, 3.63) is 54.1 Å². The van der Waals surface area contributed by atoms with Crippen LogP contribution in [0.3, 0.4) is 0 Å². The van der Waals surface area contributed by atoms with Crippen molar-refractivity contribution in [1.82, 2.24) is 20.6 Å². The molecule has 0 aliphatic rings. The average Bonchev–Trinajstić information content (AvgIpc) is 3.16. The van der Waals surface area contributed by atoms with Gasteiger partial charge in [0.15, 0.2) is 6.29 Å². The summed E-state index contributed by atoms with van der Waals surface area (Å²) in [5.74, 6) is 0.580. The van der Waals surface area contributed by atoms with Gasteiger partial charge in [0.1, 0.15) is 0 Å². The molecule has 1 N–H and O–H groups in total. The normalized spacial score (nSPS) is 11.1. The van der Waals surface area contributed by atoms with Crippen LogP contribution < -0.4 is 0 Å². The van der Waals surface area contributed by atoms with Crippen molar-refractivity contribution in [3.8, 4) is 22.5 Å². The quantitative estimate of drug-likeness (QED) is 0.672. The van der Waals surface area contributed by atoms with Crippen molar-refractivity contribution in [2.45, 2.75) is 20.1 Å². The second-order valence-corrected chi connectivity index (χ2v) is 5.15. The van der Waals surface area contributed by atoms with E-state index in [-0.39, 0.29) is 6.29 Å². The summed E-state index contributed by atoms with van der Waals surface area (Å²) in [4.78, 5) is 0. The lowest BCUT2D eigenvalue weighted by atomic mass is 9.98. The first-order chi connectivity index (χ1) is 11.8. The number of hydrogen-bond acceptors (Lipinski definition) is 5. The van der Waals surface area contributed by atoms with Gasteiger partial charge in [-0.1, -0.05) is 48.5 Å². The van der Waals surface area contributed by atoms with Gasteiger partial charge in [-0.3, -0.25) is 0 Å². The topological polar surface area (TPSA) is 72.9 Å². The van der Waals surface area contributed by atoms with Gasteiger partial charge in [0.05, 0.1) is 0 Å². The zero-order valence-corrected chi connectivity index (χ0v) is 13.8. The van der Waals surface area contributed by atoms with Crippen LogP contribution in [0.2, 0.25) is 0 Å². The smallest absolute Gasteiger partial charge is 0.205 e. The van der Waals surface area contributed by atoms with E-state index < -0.39 is 0 Å². The molecular weight excluding hydrogens is 304 g/mol. The summed E-state index contributed by atoms with van der Waals surface area (Å²) in [5.41, 5.74) is 4.06. The molecule has 0 saturated carbocycles. The molecular formula is C18H20N4O2. The first-order valence-corrected chi connectivity index (χ1v) is 7.99. The standard InChI is InChI=1S/C18H20N4O2/c1-3-23-18(24-4-2)14-11-9-13(10-12-14)15-7-5-6-8-16(15)17-19-21-22-20-17/h5-12,18H,3-4H2,1-2H3,(H,19,20,21,22). The summed E-state index contributed by atoms with van der Waals surface area (Å²) in [6.07, 6.45) is -0.332. The maximum atomic E-state index is 5.64. The van der Waals surface area contributed by atoms with Crippen LogP contribution in [0.5, 0.6) is 0 Å². The highest BCUT2D eigenvalue weighted by molar-refractivity contribution is 5.80. The summed E-state index contributed by atoms with van der Waals surface area (Å²) in [6, 6.07) is 16.1. The van der Waals surface area contributed by atoms with Gasteiger partial charge in [0.25, 0.3) is 0 Å². The molecule has 3 rings (SSSR count). The van der Waals surface area contributed by atoms with Gasteiger partial charge in [-0.2, -0.15) is 5.21 Å². The summed E-state index contributed by atoms with van der Waals surface area (Å²) in [6.45, 7) is 5.13. The van der Waals surface area contributed by atoms with Crippen molar-refractivity contribution in [1.29, 1.82) is 0 Å². The molecule has 0 atom stereocenters. The Morgan fingerprint density at radius 3 is 2.17 bits per heavy atom. The van der Waals surface area contributed by atoms with E-state index in [1.54, 1.807) is 0 Å². The Morgan fingerprint density at radius 1 is 0.917 bits per heavy atom. The third-order valence-electron chi connectivity index (χ3n) is 3.64. The van der Waals surface area contributed by atoms with E-state index in [1.165, 1.54) is 0 Å². The molecule has 0 saturated heterocycles. The second-order valence-electron chi connectivity index (χ2n) is 5.15. The number of tetrazole rings is 1. The fourth-order valence-corrected chi connectivity index (χ4v) is 2.57. The summed E-state index contributed by atoms with van der Waals surface area (Å²) in [7, 11) is 0. The summed E-state index contributed by atoms with van der Waals surface area (Å²) in [5, 5.41) is 14.3. The van der Waals surface area contributed by atoms with Crippen LogP contribution in [-0.4, -0.2) is 33.8 Å². The molecule has 2 aromatic carbocycles. The van der Waals surface area contributed by atoms with Crippen molar-refractivity contribution < 1.29 is 9.47 Å². The average molecular weight is 324 g/mol. The molecule has 6 heteroatoms. The Morgan fingerprint density at radius 2 is 1.58 bits per heavy atom. The molecule has 0 radical (unpaired) electrons. The highest BCUT2D eigenvalue weighted by atomic mass is 16.7. The van der Waals surface area contributed by atoms with Crippen LogP contribution >= 0.6 is 0 Å². The maximum Gasteiger partial charge on any atom is 0.205 e. The van der Waals surface area contributed by atoms with E-state index >= 15 is 0 Å². The minimum atomic E-state index is -0.332. The largest absolute Gasteiger partial charge is 0.349 e. The number of nitrogens with zero attached hydrogens (tertiary/aromatic N) is 3. The third kappa shape index (κ3) is 3.50. The van der Waals surface area contributed by atoms with Gasteiger partial charge in [-0.25, -0.2) is 0 Å². The zero-order chi connectivity index (χ0) is 16.8. The Hall–Kier alpha value is -2.57. The van der Waals surface area contributed by atoms with E-state index in [2.05, 4.69) is 32.8 Å². The van der Waals surface area contributed by atoms with Crippen molar-refractivity contribution in [2.24, 2.45) is 0 Å². The van der Waals surface area contributed by atoms with E-state index in [9.17, 15) is 0 Å². The van der Waals surface area contributed by atoms with Crippen molar-refractivity contribution in [3.63, 3.8) is 0 Å². The number of nitrogens with one attached hydrogen (secondary N) is 1. The number of ether oxygens (including phenoxy) is 2. The lowest BCUT2D eigenvalue weighted by Crippen LogP contribution is -2.08. The van der Waals surface area contributed by atoms with Gasteiger partial charge >= 0.3 is 0 Å². The van der Waals surface area contributed by atoms with Crippen LogP contribution in [0, 0.1) is 0 Å². The molecule has 1 aromatic heterocycles. The fraction of sp³-hybridized carbons (Fsp3) is 0.278. The van der Waals surface area contributed by atoms with Crippen LogP contribution in [0.25, 0.3) is 22.5 Å². The third-order valence-corrected chi connectivity index (χ3v) is 3.64. The lowest BCUT2D eigenvalue weighted by molar-refractivity contribution is -0.140. The van der Waals surface area contributed by atoms with Crippen LogP contribution in [0.4, 0.5) is 0 Å². The monoisotopic (exact) mass is 324 g/mol. The van der Waals surface area contributed by atoms with Gasteiger partial charge in [-0.15, -0.1) is 10.2 Å². The molecule has 0 amide bonds. The van der Waals surface area contributed by atoms with Crippen LogP contribution in [0.15, 0.2) is 48.5 Å². The fourth-order valence-electron chi connectivity index (χ4n) is 2.57. The van der Waals surface area contributed by atoms with E-state index in [4.69, 9.17) is 9.47 Å². The zero-order valence-electron chi connectivity index (χ0n) is 13.8.